The second-order valence-electron chi connectivity index (χ2n) is 6.77. The van der Waals surface area contributed by atoms with Gasteiger partial charge in [-0.25, -0.2) is 4.39 Å². The van der Waals surface area contributed by atoms with E-state index in [1.165, 1.54) is 24.1 Å². The lowest BCUT2D eigenvalue weighted by Gasteiger charge is -2.24. The van der Waals surface area contributed by atoms with Gasteiger partial charge in [0.2, 0.25) is 0 Å². The van der Waals surface area contributed by atoms with Gasteiger partial charge in [0.25, 0.3) is 11.6 Å². The number of ether oxygens (including phenoxy) is 2. The zero-order valence-electron chi connectivity index (χ0n) is 16.6. The minimum absolute atomic E-state index is 0.211. The molecule has 3 rings (SSSR count). The Balaban J connectivity index is 1.84. The third kappa shape index (κ3) is 5.16. The fourth-order valence-electron chi connectivity index (χ4n) is 3.42. The number of nitro groups is 1. The van der Waals surface area contributed by atoms with Crippen molar-refractivity contribution in [3.63, 3.8) is 0 Å². The minimum atomic E-state index is -3.21. The Morgan fingerprint density at radius 1 is 1.10 bits per heavy atom. The highest BCUT2D eigenvalue weighted by Crippen LogP contribution is 2.36. The molecule has 0 spiro atoms. The number of carbonyl (C=O) groups is 1. The Labute approximate surface area is 175 Å². The molecule has 0 radical (unpaired) electrons. The normalized spacial score (nSPS) is 14.4. The summed E-state index contributed by atoms with van der Waals surface area (Å²) in [6, 6.07) is 7.79. The van der Waals surface area contributed by atoms with Gasteiger partial charge in [0, 0.05) is 37.9 Å². The van der Waals surface area contributed by atoms with E-state index < -0.39 is 28.9 Å². The number of nitrogens with zero attached hydrogens (tertiary/aromatic N) is 3. The molecule has 31 heavy (non-hydrogen) atoms. The number of nitro benzene ring substituents is 1. The van der Waals surface area contributed by atoms with Crippen molar-refractivity contribution in [2.75, 3.05) is 38.2 Å². The SMILES string of the molecule is COc1cc(C(=O)N2CCCN(c3ccc(F)cc3)CC2)c([N+](=O)[O-])cc1OC(F)F. The van der Waals surface area contributed by atoms with Crippen molar-refractivity contribution in [1.82, 2.24) is 4.90 Å². The molecule has 1 fully saturated rings. The van der Waals surface area contributed by atoms with Crippen molar-refractivity contribution in [3.8, 4) is 11.5 Å². The predicted octanol–water partition coefficient (Wildman–Crippen LogP) is 3.70. The van der Waals surface area contributed by atoms with Crippen molar-refractivity contribution in [1.29, 1.82) is 0 Å². The predicted molar refractivity (Wildman–Crippen MR) is 105 cm³/mol. The van der Waals surface area contributed by atoms with Crippen LogP contribution in [0.4, 0.5) is 24.5 Å². The standard InChI is InChI=1S/C20H20F3N3O5/c1-30-17-11-15(16(26(28)29)12-18(17)31-20(22)23)19(27)25-8-2-7-24(9-10-25)14-5-3-13(21)4-6-14/h3-6,11-12,20H,2,7-10H2,1H3. The number of hydrogen-bond acceptors (Lipinski definition) is 6. The van der Waals surface area contributed by atoms with Crippen LogP contribution >= 0.6 is 0 Å². The number of anilines is 1. The van der Waals surface area contributed by atoms with Crippen LogP contribution in [-0.4, -0.2) is 55.6 Å². The Hall–Kier alpha value is -3.50. The van der Waals surface area contributed by atoms with E-state index >= 15 is 0 Å². The van der Waals surface area contributed by atoms with Crippen LogP contribution in [0.25, 0.3) is 0 Å². The summed E-state index contributed by atoms with van der Waals surface area (Å²) in [5, 5.41) is 11.5. The summed E-state index contributed by atoms with van der Waals surface area (Å²) in [4.78, 5) is 27.2. The van der Waals surface area contributed by atoms with Crippen LogP contribution in [0, 0.1) is 15.9 Å². The molecule has 166 valence electrons. The van der Waals surface area contributed by atoms with Crippen molar-refractivity contribution < 1.29 is 32.4 Å². The van der Waals surface area contributed by atoms with E-state index in [0.717, 1.165) is 17.8 Å². The van der Waals surface area contributed by atoms with Crippen LogP contribution in [-0.2, 0) is 0 Å². The van der Waals surface area contributed by atoms with Crippen molar-refractivity contribution >= 4 is 17.3 Å². The van der Waals surface area contributed by atoms with E-state index in [-0.39, 0.29) is 23.7 Å². The average Bonchev–Trinajstić information content (AvgIpc) is 2.99. The summed E-state index contributed by atoms with van der Waals surface area (Å²) in [5.41, 5.74) is -0.128. The van der Waals surface area contributed by atoms with Gasteiger partial charge in [-0.2, -0.15) is 8.78 Å². The number of amides is 1. The van der Waals surface area contributed by atoms with E-state index in [9.17, 15) is 28.1 Å². The van der Waals surface area contributed by atoms with E-state index in [2.05, 4.69) is 4.74 Å². The number of rotatable bonds is 6. The van der Waals surface area contributed by atoms with Crippen LogP contribution in [0.1, 0.15) is 16.8 Å². The number of hydrogen-bond donors (Lipinski definition) is 0. The van der Waals surface area contributed by atoms with Crippen LogP contribution in [0.2, 0.25) is 0 Å². The Kier molecular flexibility index (Phi) is 6.83. The topological polar surface area (TPSA) is 85.2 Å². The van der Waals surface area contributed by atoms with E-state index in [4.69, 9.17) is 4.74 Å². The molecule has 8 nitrogen and oxygen atoms in total. The number of carbonyl (C=O) groups excluding carboxylic acids is 1. The van der Waals surface area contributed by atoms with Gasteiger partial charge in [0.1, 0.15) is 11.4 Å². The van der Waals surface area contributed by atoms with Crippen molar-refractivity contribution in [2.24, 2.45) is 0 Å². The molecule has 1 amide bonds. The number of halogens is 3. The summed E-state index contributed by atoms with van der Waals surface area (Å²) in [7, 11) is 1.18. The first-order valence-corrected chi connectivity index (χ1v) is 9.41. The molecule has 0 aliphatic carbocycles. The number of methoxy groups -OCH3 is 1. The van der Waals surface area contributed by atoms with Crippen LogP contribution < -0.4 is 14.4 Å². The summed E-state index contributed by atoms with van der Waals surface area (Å²) >= 11 is 0. The monoisotopic (exact) mass is 439 g/mol. The molecule has 0 bridgehead atoms. The molecular formula is C20H20F3N3O5. The lowest BCUT2D eigenvalue weighted by molar-refractivity contribution is -0.385. The highest BCUT2D eigenvalue weighted by molar-refractivity contribution is 5.99. The summed E-state index contributed by atoms with van der Waals surface area (Å²) in [6.07, 6.45) is 0.584. The summed E-state index contributed by atoms with van der Waals surface area (Å²) in [6.45, 7) is -1.55. The number of alkyl halides is 2. The summed E-state index contributed by atoms with van der Waals surface area (Å²) < 4.78 is 47.7. The Bertz CT molecular complexity index is 956. The first kappa shape index (κ1) is 22.2. The molecule has 1 aliphatic heterocycles. The lowest BCUT2D eigenvalue weighted by atomic mass is 10.1. The van der Waals surface area contributed by atoms with Gasteiger partial charge in [0.05, 0.1) is 18.1 Å². The largest absolute Gasteiger partial charge is 0.493 e. The summed E-state index contributed by atoms with van der Waals surface area (Å²) in [5.74, 6) is -1.71. The lowest BCUT2D eigenvalue weighted by Crippen LogP contribution is -2.35. The molecule has 1 heterocycles. The second-order valence-corrected chi connectivity index (χ2v) is 6.77. The van der Waals surface area contributed by atoms with Gasteiger partial charge in [-0.15, -0.1) is 0 Å². The van der Waals surface area contributed by atoms with Gasteiger partial charge in [-0.1, -0.05) is 0 Å². The van der Waals surface area contributed by atoms with E-state index in [1.54, 1.807) is 12.1 Å². The molecule has 0 unspecified atom stereocenters. The fourth-order valence-corrected chi connectivity index (χ4v) is 3.42. The van der Waals surface area contributed by atoms with Gasteiger partial charge in [-0.05, 0) is 30.7 Å². The molecule has 0 saturated carbocycles. The Morgan fingerprint density at radius 3 is 2.42 bits per heavy atom. The molecule has 2 aromatic rings. The number of benzene rings is 2. The molecular weight excluding hydrogens is 419 g/mol. The third-order valence-electron chi connectivity index (χ3n) is 4.90. The zero-order chi connectivity index (χ0) is 22.5. The molecule has 0 atom stereocenters. The smallest absolute Gasteiger partial charge is 0.387 e. The van der Waals surface area contributed by atoms with Crippen LogP contribution in [0.15, 0.2) is 36.4 Å². The molecule has 0 aromatic heterocycles. The van der Waals surface area contributed by atoms with Crippen molar-refractivity contribution in [3.05, 3.63) is 57.9 Å². The van der Waals surface area contributed by atoms with Crippen molar-refractivity contribution in [2.45, 2.75) is 13.0 Å². The minimum Gasteiger partial charge on any atom is -0.493 e. The van der Waals surface area contributed by atoms with Gasteiger partial charge in [0.15, 0.2) is 11.5 Å². The molecule has 11 heteroatoms. The second kappa shape index (κ2) is 9.54. The molecule has 0 N–H and O–H groups in total. The van der Waals surface area contributed by atoms with E-state index in [1.807, 2.05) is 4.90 Å². The first-order chi connectivity index (χ1) is 14.8. The third-order valence-corrected chi connectivity index (χ3v) is 4.90. The Morgan fingerprint density at radius 2 is 1.81 bits per heavy atom. The highest BCUT2D eigenvalue weighted by atomic mass is 19.3. The quantitative estimate of drug-likeness (QED) is 0.504. The maximum Gasteiger partial charge on any atom is 0.387 e. The van der Waals surface area contributed by atoms with Gasteiger partial charge < -0.3 is 19.3 Å². The maximum absolute atomic E-state index is 13.2. The first-order valence-electron chi connectivity index (χ1n) is 9.41. The molecule has 1 saturated heterocycles. The van der Waals surface area contributed by atoms with Gasteiger partial charge >= 0.3 is 6.61 Å². The molecule has 2 aromatic carbocycles. The molecule has 1 aliphatic rings. The van der Waals surface area contributed by atoms with Crippen LogP contribution in [0.5, 0.6) is 11.5 Å². The zero-order valence-corrected chi connectivity index (χ0v) is 16.6. The highest BCUT2D eigenvalue weighted by Gasteiger charge is 2.30. The van der Waals surface area contributed by atoms with Crippen LogP contribution in [0.3, 0.4) is 0 Å². The van der Waals surface area contributed by atoms with E-state index in [0.29, 0.717) is 26.1 Å². The fraction of sp³-hybridized carbons (Fsp3) is 0.350. The maximum atomic E-state index is 13.2. The average molecular weight is 439 g/mol. The van der Waals surface area contributed by atoms with Gasteiger partial charge in [-0.3, -0.25) is 14.9 Å².